The number of phenols is 1. The maximum Gasteiger partial charge on any atom is 0.271 e. The minimum Gasteiger partial charge on any atom is -0.508 e. The Morgan fingerprint density at radius 2 is 1.78 bits per heavy atom. The van der Waals surface area contributed by atoms with Gasteiger partial charge in [0.25, 0.3) is 5.56 Å². The van der Waals surface area contributed by atoms with Crippen molar-refractivity contribution >= 4 is 10.9 Å². The van der Waals surface area contributed by atoms with E-state index in [0.717, 1.165) is 11.1 Å². The van der Waals surface area contributed by atoms with E-state index in [1.807, 2.05) is 41.1 Å². The largest absolute Gasteiger partial charge is 0.508 e. The summed E-state index contributed by atoms with van der Waals surface area (Å²) in [5, 5.41) is 12.7. The summed E-state index contributed by atoms with van der Waals surface area (Å²) in [6.45, 7) is 0.572. The zero-order valence-electron chi connectivity index (χ0n) is 9.63. The summed E-state index contributed by atoms with van der Waals surface area (Å²) in [4.78, 5) is 11.7. The molecule has 2 aromatic carbocycles. The molecule has 3 rings (SSSR count). The molecule has 0 atom stereocenters. The number of aromatic amines is 1. The number of hydrogen-bond acceptors (Lipinski definition) is 2. The fourth-order valence-corrected chi connectivity index (χ4v) is 2.05. The Labute approximate surface area is 103 Å². The van der Waals surface area contributed by atoms with Crippen molar-refractivity contribution in [2.75, 3.05) is 0 Å². The maximum atomic E-state index is 11.7. The minimum atomic E-state index is -0.0793. The van der Waals surface area contributed by atoms with Crippen LogP contribution in [0.1, 0.15) is 5.56 Å². The molecule has 0 amide bonds. The van der Waals surface area contributed by atoms with E-state index >= 15 is 0 Å². The summed E-state index contributed by atoms with van der Waals surface area (Å²) in [7, 11) is 0. The number of H-pyrrole nitrogens is 1. The van der Waals surface area contributed by atoms with Crippen LogP contribution in [0.3, 0.4) is 0 Å². The molecule has 0 spiro atoms. The van der Waals surface area contributed by atoms with Crippen molar-refractivity contribution in [2.45, 2.75) is 6.54 Å². The van der Waals surface area contributed by atoms with Crippen molar-refractivity contribution in [3.8, 4) is 5.75 Å². The van der Waals surface area contributed by atoms with E-state index in [9.17, 15) is 9.90 Å². The van der Waals surface area contributed by atoms with Crippen LogP contribution in [0.2, 0.25) is 0 Å². The predicted molar refractivity (Wildman–Crippen MR) is 69.8 cm³/mol. The number of hydrogen-bond donors (Lipinski definition) is 2. The van der Waals surface area contributed by atoms with E-state index in [1.165, 1.54) is 0 Å². The first-order valence-corrected chi connectivity index (χ1v) is 5.69. The van der Waals surface area contributed by atoms with Crippen LogP contribution in [0.15, 0.2) is 53.3 Å². The fourth-order valence-electron chi connectivity index (χ4n) is 2.05. The van der Waals surface area contributed by atoms with Crippen LogP contribution in [0.25, 0.3) is 10.9 Å². The molecule has 2 N–H and O–H groups in total. The molecule has 0 aliphatic carbocycles. The van der Waals surface area contributed by atoms with Gasteiger partial charge in [-0.2, -0.15) is 0 Å². The first-order chi connectivity index (χ1) is 8.74. The molecule has 0 fully saturated rings. The number of nitrogens with one attached hydrogen (secondary N) is 1. The van der Waals surface area contributed by atoms with Gasteiger partial charge in [-0.3, -0.25) is 14.6 Å². The molecule has 1 heterocycles. The second kappa shape index (κ2) is 4.07. The average molecular weight is 240 g/mol. The van der Waals surface area contributed by atoms with Crippen LogP contribution >= 0.6 is 0 Å². The highest BCUT2D eigenvalue weighted by molar-refractivity contribution is 5.78. The maximum absolute atomic E-state index is 11.7. The number of benzene rings is 2. The van der Waals surface area contributed by atoms with Crippen molar-refractivity contribution in [1.29, 1.82) is 0 Å². The zero-order chi connectivity index (χ0) is 12.5. The molecule has 0 bridgehead atoms. The lowest BCUT2D eigenvalue weighted by Crippen LogP contribution is -2.06. The molecular weight excluding hydrogens is 228 g/mol. The fraction of sp³-hybridized carbons (Fsp3) is 0.0714. The Balaban J connectivity index is 2.05. The van der Waals surface area contributed by atoms with Crippen molar-refractivity contribution in [2.24, 2.45) is 0 Å². The van der Waals surface area contributed by atoms with Gasteiger partial charge in [0.1, 0.15) is 5.75 Å². The molecule has 0 aliphatic heterocycles. The number of fused-ring (bicyclic) bond motifs is 1. The summed E-state index contributed by atoms with van der Waals surface area (Å²) in [5.41, 5.74) is 1.82. The summed E-state index contributed by atoms with van der Waals surface area (Å²) < 4.78 is 1.81. The number of rotatable bonds is 2. The number of phenolic OH excluding ortho intramolecular Hbond substituents is 1. The summed E-state index contributed by atoms with van der Waals surface area (Å²) in [6, 6.07) is 14.4. The van der Waals surface area contributed by atoms with Gasteiger partial charge in [0, 0.05) is 0 Å². The van der Waals surface area contributed by atoms with Crippen LogP contribution in [0.4, 0.5) is 0 Å². The van der Waals surface area contributed by atoms with Crippen LogP contribution in [-0.2, 0) is 6.54 Å². The molecule has 0 unspecified atom stereocenters. The SMILES string of the molecule is O=c1[nH]n(Cc2ccc(O)cc2)c2ccccc12. The van der Waals surface area contributed by atoms with Gasteiger partial charge in [-0.05, 0) is 29.8 Å². The minimum absolute atomic E-state index is 0.0793. The number of aromatic hydroxyl groups is 1. The summed E-state index contributed by atoms with van der Waals surface area (Å²) in [6.07, 6.45) is 0. The highest BCUT2D eigenvalue weighted by Crippen LogP contribution is 2.13. The second-order valence-corrected chi connectivity index (χ2v) is 4.21. The van der Waals surface area contributed by atoms with Gasteiger partial charge in [-0.25, -0.2) is 0 Å². The molecule has 18 heavy (non-hydrogen) atoms. The molecule has 0 saturated heterocycles. The first-order valence-electron chi connectivity index (χ1n) is 5.69. The van der Waals surface area contributed by atoms with E-state index in [0.29, 0.717) is 11.9 Å². The van der Waals surface area contributed by atoms with Crippen LogP contribution in [0.5, 0.6) is 5.75 Å². The third kappa shape index (κ3) is 1.78. The molecule has 0 saturated carbocycles. The highest BCUT2D eigenvalue weighted by Gasteiger charge is 2.05. The van der Waals surface area contributed by atoms with Gasteiger partial charge in [-0.15, -0.1) is 0 Å². The Kier molecular flexibility index (Phi) is 2.41. The standard InChI is InChI=1S/C14H12N2O2/c17-11-7-5-10(6-8-11)9-16-13-4-2-1-3-12(13)14(18)15-16/h1-8,17H,9H2,(H,15,18). The normalized spacial score (nSPS) is 10.9. The number of nitrogens with zero attached hydrogens (tertiary/aromatic N) is 1. The Morgan fingerprint density at radius 1 is 1.06 bits per heavy atom. The van der Waals surface area contributed by atoms with E-state index in [-0.39, 0.29) is 11.3 Å². The van der Waals surface area contributed by atoms with Gasteiger partial charge >= 0.3 is 0 Å². The first kappa shape index (κ1) is 10.7. The highest BCUT2D eigenvalue weighted by atomic mass is 16.3. The molecule has 1 aromatic heterocycles. The molecule has 3 aromatic rings. The Morgan fingerprint density at radius 3 is 2.56 bits per heavy atom. The van der Waals surface area contributed by atoms with Gasteiger partial charge in [0.15, 0.2) is 0 Å². The van der Waals surface area contributed by atoms with E-state index < -0.39 is 0 Å². The second-order valence-electron chi connectivity index (χ2n) is 4.21. The van der Waals surface area contributed by atoms with Gasteiger partial charge in [0.05, 0.1) is 17.4 Å². The molecule has 4 nitrogen and oxygen atoms in total. The van der Waals surface area contributed by atoms with Crippen molar-refractivity contribution < 1.29 is 5.11 Å². The molecule has 4 heteroatoms. The van der Waals surface area contributed by atoms with E-state index in [1.54, 1.807) is 12.1 Å². The summed E-state index contributed by atoms with van der Waals surface area (Å²) >= 11 is 0. The third-order valence-electron chi connectivity index (χ3n) is 2.95. The third-order valence-corrected chi connectivity index (χ3v) is 2.95. The van der Waals surface area contributed by atoms with Gasteiger partial charge in [-0.1, -0.05) is 24.3 Å². The number of aromatic nitrogens is 2. The van der Waals surface area contributed by atoms with Crippen molar-refractivity contribution in [3.05, 3.63) is 64.4 Å². The monoisotopic (exact) mass is 240 g/mol. The van der Waals surface area contributed by atoms with Crippen molar-refractivity contribution in [3.63, 3.8) is 0 Å². The molecular formula is C14H12N2O2. The zero-order valence-corrected chi connectivity index (χ0v) is 9.63. The van der Waals surface area contributed by atoms with Crippen LogP contribution < -0.4 is 5.56 Å². The topological polar surface area (TPSA) is 58.0 Å². The van der Waals surface area contributed by atoms with E-state index in [4.69, 9.17) is 0 Å². The van der Waals surface area contributed by atoms with Crippen LogP contribution in [0, 0.1) is 0 Å². The van der Waals surface area contributed by atoms with Crippen LogP contribution in [-0.4, -0.2) is 14.9 Å². The van der Waals surface area contributed by atoms with Gasteiger partial charge in [0.2, 0.25) is 0 Å². The molecule has 90 valence electrons. The van der Waals surface area contributed by atoms with E-state index in [2.05, 4.69) is 5.10 Å². The smallest absolute Gasteiger partial charge is 0.271 e. The Hall–Kier alpha value is -2.49. The quantitative estimate of drug-likeness (QED) is 0.720. The van der Waals surface area contributed by atoms with Gasteiger partial charge < -0.3 is 5.11 Å². The lowest BCUT2D eigenvalue weighted by atomic mass is 10.2. The lowest BCUT2D eigenvalue weighted by molar-refractivity contribution is 0.475. The average Bonchev–Trinajstić information content (AvgIpc) is 2.70. The lowest BCUT2D eigenvalue weighted by Gasteiger charge is -2.04. The molecule has 0 radical (unpaired) electrons. The predicted octanol–water partition coefficient (Wildman–Crippen LogP) is 2.08. The molecule has 0 aliphatic rings. The van der Waals surface area contributed by atoms with Crippen molar-refractivity contribution in [1.82, 2.24) is 9.78 Å². The number of para-hydroxylation sites is 1. The summed E-state index contributed by atoms with van der Waals surface area (Å²) in [5.74, 6) is 0.240. The Bertz CT molecular complexity index is 738.